The summed E-state index contributed by atoms with van der Waals surface area (Å²) < 4.78 is 0. The summed E-state index contributed by atoms with van der Waals surface area (Å²) >= 11 is 0. The van der Waals surface area contributed by atoms with Crippen LogP contribution in [0.5, 0.6) is 0 Å². The highest BCUT2D eigenvalue weighted by Gasteiger charge is 2.34. The largest absolute Gasteiger partial charge is 0.395 e. The molecular formula is C11H22N2O. The Balaban J connectivity index is 1.71. The smallest absolute Gasteiger partial charge is 0.0584 e. The maximum absolute atomic E-state index is 9.10. The van der Waals surface area contributed by atoms with E-state index in [4.69, 9.17) is 5.11 Å². The van der Waals surface area contributed by atoms with Gasteiger partial charge < -0.3 is 10.4 Å². The molecule has 1 saturated carbocycles. The Morgan fingerprint density at radius 1 is 1.43 bits per heavy atom. The minimum absolute atomic E-state index is 0.274. The van der Waals surface area contributed by atoms with Crippen LogP contribution in [0.2, 0.25) is 0 Å². The molecule has 0 amide bonds. The SMILES string of the molecule is CC[C@H](CO)NC1CCN(C2CC2)C1. The Bertz CT molecular complexity index is 178. The van der Waals surface area contributed by atoms with Gasteiger partial charge in [0.1, 0.15) is 0 Å². The predicted molar refractivity (Wildman–Crippen MR) is 57.3 cm³/mol. The molecule has 2 atom stereocenters. The Hall–Kier alpha value is -0.120. The molecule has 14 heavy (non-hydrogen) atoms. The minimum Gasteiger partial charge on any atom is -0.395 e. The van der Waals surface area contributed by atoms with Crippen LogP contribution in [0.25, 0.3) is 0 Å². The number of aliphatic hydroxyl groups excluding tert-OH is 1. The lowest BCUT2D eigenvalue weighted by atomic mass is 10.2. The summed E-state index contributed by atoms with van der Waals surface area (Å²) in [5, 5.41) is 12.6. The molecule has 2 rings (SSSR count). The molecule has 0 bridgehead atoms. The van der Waals surface area contributed by atoms with Gasteiger partial charge in [-0.05, 0) is 25.7 Å². The zero-order chi connectivity index (χ0) is 9.97. The molecular weight excluding hydrogens is 176 g/mol. The van der Waals surface area contributed by atoms with Crippen LogP contribution in [0.15, 0.2) is 0 Å². The van der Waals surface area contributed by atoms with Crippen molar-refractivity contribution in [1.29, 1.82) is 0 Å². The molecule has 3 heteroatoms. The summed E-state index contributed by atoms with van der Waals surface area (Å²) in [7, 11) is 0. The molecule has 2 fully saturated rings. The van der Waals surface area contributed by atoms with Crippen molar-refractivity contribution < 1.29 is 5.11 Å². The number of hydrogen-bond acceptors (Lipinski definition) is 3. The van der Waals surface area contributed by atoms with Gasteiger partial charge in [0.2, 0.25) is 0 Å². The van der Waals surface area contributed by atoms with Crippen LogP contribution in [0.1, 0.15) is 32.6 Å². The fraction of sp³-hybridized carbons (Fsp3) is 1.00. The molecule has 1 unspecified atom stereocenters. The lowest BCUT2D eigenvalue weighted by Crippen LogP contribution is -2.41. The second-order valence-electron chi connectivity index (χ2n) is 4.67. The third kappa shape index (κ3) is 2.47. The topological polar surface area (TPSA) is 35.5 Å². The van der Waals surface area contributed by atoms with Gasteiger partial charge in [0.15, 0.2) is 0 Å². The summed E-state index contributed by atoms with van der Waals surface area (Å²) in [6.07, 6.45) is 5.09. The lowest BCUT2D eigenvalue weighted by molar-refractivity contribution is 0.225. The van der Waals surface area contributed by atoms with E-state index >= 15 is 0 Å². The van der Waals surface area contributed by atoms with E-state index in [1.54, 1.807) is 0 Å². The number of hydrogen-bond donors (Lipinski definition) is 2. The lowest BCUT2D eigenvalue weighted by Gasteiger charge is -2.20. The Kier molecular flexibility index (Phi) is 3.42. The van der Waals surface area contributed by atoms with Gasteiger partial charge in [-0.2, -0.15) is 0 Å². The van der Waals surface area contributed by atoms with Gasteiger partial charge in [-0.3, -0.25) is 4.90 Å². The van der Waals surface area contributed by atoms with E-state index in [0.717, 1.165) is 12.5 Å². The van der Waals surface area contributed by atoms with Gasteiger partial charge in [0, 0.05) is 31.2 Å². The van der Waals surface area contributed by atoms with Crippen molar-refractivity contribution in [3.8, 4) is 0 Å². The molecule has 1 aliphatic carbocycles. The van der Waals surface area contributed by atoms with Crippen LogP contribution in [-0.2, 0) is 0 Å². The standard InChI is InChI=1S/C11H22N2O/c1-2-9(8-14)12-10-5-6-13(7-10)11-3-4-11/h9-12,14H,2-8H2,1H3/t9-,10?/m1/s1. The summed E-state index contributed by atoms with van der Waals surface area (Å²) in [4.78, 5) is 2.60. The Morgan fingerprint density at radius 2 is 2.21 bits per heavy atom. The molecule has 0 aromatic carbocycles. The number of rotatable bonds is 5. The van der Waals surface area contributed by atoms with Gasteiger partial charge in [-0.1, -0.05) is 6.92 Å². The first-order valence-electron chi connectivity index (χ1n) is 5.94. The second-order valence-corrected chi connectivity index (χ2v) is 4.67. The van der Waals surface area contributed by atoms with Crippen LogP contribution in [0, 0.1) is 0 Å². The minimum atomic E-state index is 0.274. The molecule has 0 radical (unpaired) electrons. The van der Waals surface area contributed by atoms with E-state index in [9.17, 15) is 0 Å². The first kappa shape index (κ1) is 10.4. The Morgan fingerprint density at radius 3 is 2.79 bits per heavy atom. The molecule has 3 nitrogen and oxygen atoms in total. The molecule has 0 aromatic rings. The molecule has 0 aromatic heterocycles. The van der Waals surface area contributed by atoms with Crippen LogP contribution < -0.4 is 5.32 Å². The highest BCUT2D eigenvalue weighted by atomic mass is 16.3. The number of nitrogens with zero attached hydrogens (tertiary/aromatic N) is 1. The summed E-state index contributed by atoms with van der Waals surface area (Å²) in [5.74, 6) is 0. The van der Waals surface area contributed by atoms with E-state index < -0.39 is 0 Å². The van der Waals surface area contributed by atoms with Crippen LogP contribution >= 0.6 is 0 Å². The van der Waals surface area contributed by atoms with Crippen LogP contribution in [0.4, 0.5) is 0 Å². The second kappa shape index (κ2) is 4.60. The highest BCUT2D eigenvalue weighted by molar-refractivity contribution is 4.92. The maximum Gasteiger partial charge on any atom is 0.0584 e. The maximum atomic E-state index is 9.10. The van der Waals surface area contributed by atoms with Gasteiger partial charge in [-0.25, -0.2) is 0 Å². The molecule has 1 aliphatic heterocycles. The number of nitrogens with one attached hydrogen (secondary N) is 1. The van der Waals surface area contributed by atoms with Gasteiger partial charge in [0.05, 0.1) is 6.61 Å². The van der Waals surface area contributed by atoms with Gasteiger partial charge in [-0.15, -0.1) is 0 Å². The quantitative estimate of drug-likeness (QED) is 0.678. The monoisotopic (exact) mass is 198 g/mol. The van der Waals surface area contributed by atoms with Crippen molar-refractivity contribution in [1.82, 2.24) is 10.2 Å². The van der Waals surface area contributed by atoms with E-state index in [-0.39, 0.29) is 6.61 Å². The van der Waals surface area contributed by atoms with E-state index in [1.807, 2.05) is 0 Å². The predicted octanol–water partition coefficient (Wildman–Crippen LogP) is 0.584. The van der Waals surface area contributed by atoms with E-state index in [2.05, 4.69) is 17.1 Å². The van der Waals surface area contributed by atoms with Crippen LogP contribution in [0.3, 0.4) is 0 Å². The third-order valence-electron chi connectivity index (χ3n) is 3.47. The van der Waals surface area contributed by atoms with Crippen molar-refractivity contribution in [2.24, 2.45) is 0 Å². The van der Waals surface area contributed by atoms with Gasteiger partial charge >= 0.3 is 0 Å². The van der Waals surface area contributed by atoms with Crippen molar-refractivity contribution in [2.45, 2.75) is 50.7 Å². The van der Waals surface area contributed by atoms with Crippen LogP contribution in [-0.4, -0.2) is 47.8 Å². The average Bonchev–Trinajstić information content (AvgIpc) is 2.96. The van der Waals surface area contributed by atoms with Crippen molar-refractivity contribution in [3.63, 3.8) is 0 Å². The fourth-order valence-corrected chi connectivity index (χ4v) is 2.33. The Labute approximate surface area is 86.5 Å². The summed E-state index contributed by atoms with van der Waals surface area (Å²) in [5.41, 5.74) is 0. The number of likely N-dealkylation sites (tertiary alicyclic amines) is 1. The number of aliphatic hydroxyl groups is 1. The highest BCUT2D eigenvalue weighted by Crippen LogP contribution is 2.29. The van der Waals surface area contributed by atoms with Crippen molar-refractivity contribution in [2.75, 3.05) is 19.7 Å². The molecule has 82 valence electrons. The molecule has 0 spiro atoms. The summed E-state index contributed by atoms with van der Waals surface area (Å²) in [6.45, 7) is 4.85. The summed E-state index contributed by atoms with van der Waals surface area (Å²) in [6, 6.07) is 1.82. The van der Waals surface area contributed by atoms with E-state index in [0.29, 0.717) is 12.1 Å². The molecule has 1 saturated heterocycles. The third-order valence-corrected chi connectivity index (χ3v) is 3.47. The molecule has 2 aliphatic rings. The van der Waals surface area contributed by atoms with Gasteiger partial charge in [0.25, 0.3) is 0 Å². The molecule has 2 N–H and O–H groups in total. The first-order valence-corrected chi connectivity index (χ1v) is 5.94. The normalized spacial score (nSPS) is 30.9. The zero-order valence-electron chi connectivity index (χ0n) is 9.08. The molecule has 1 heterocycles. The van der Waals surface area contributed by atoms with E-state index in [1.165, 1.54) is 32.4 Å². The van der Waals surface area contributed by atoms with Crippen molar-refractivity contribution in [3.05, 3.63) is 0 Å². The van der Waals surface area contributed by atoms with Crippen molar-refractivity contribution >= 4 is 0 Å². The first-order chi connectivity index (χ1) is 6.83. The average molecular weight is 198 g/mol. The fourth-order valence-electron chi connectivity index (χ4n) is 2.33. The zero-order valence-corrected chi connectivity index (χ0v) is 9.08.